The van der Waals surface area contributed by atoms with Crippen LogP contribution in [0.2, 0.25) is 0 Å². The van der Waals surface area contributed by atoms with Gasteiger partial charge in [0.2, 0.25) is 0 Å². The molecule has 0 radical (unpaired) electrons. The molecule has 2 aromatic heterocycles. The lowest BCUT2D eigenvalue weighted by Crippen LogP contribution is -2.09. The van der Waals surface area contributed by atoms with Gasteiger partial charge in [-0.25, -0.2) is 4.98 Å². The number of pyridine rings is 1. The van der Waals surface area contributed by atoms with Gasteiger partial charge in [0, 0.05) is 25.4 Å². The van der Waals surface area contributed by atoms with E-state index in [9.17, 15) is 5.11 Å². The summed E-state index contributed by atoms with van der Waals surface area (Å²) in [6.45, 7) is 4.91. The predicted octanol–water partition coefficient (Wildman–Crippen LogP) is 3.04. The van der Waals surface area contributed by atoms with Gasteiger partial charge in [-0.3, -0.25) is 4.98 Å². The monoisotopic (exact) mass is 281 g/mol. The smallest absolute Gasteiger partial charge is 0.112 e. The number of hydrogen-bond acceptors (Lipinski definition) is 3. The van der Waals surface area contributed by atoms with Gasteiger partial charge in [0.1, 0.15) is 5.82 Å². The van der Waals surface area contributed by atoms with Crippen molar-refractivity contribution in [3.8, 4) is 0 Å². The lowest BCUT2D eigenvalue weighted by Gasteiger charge is -2.14. The molecule has 0 aliphatic rings. The van der Waals surface area contributed by atoms with Crippen LogP contribution in [0.4, 0.5) is 0 Å². The van der Waals surface area contributed by atoms with E-state index in [0.717, 1.165) is 34.5 Å². The summed E-state index contributed by atoms with van der Waals surface area (Å²) in [5.74, 6) is 0.919. The first-order valence-electron chi connectivity index (χ1n) is 7.23. The van der Waals surface area contributed by atoms with Gasteiger partial charge in [-0.1, -0.05) is 12.1 Å². The average molecular weight is 281 g/mol. The quantitative estimate of drug-likeness (QED) is 0.799. The van der Waals surface area contributed by atoms with Gasteiger partial charge in [-0.05, 0) is 43.2 Å². The van der Waals surface area contributed by atoms with E-state index >= 15 is 0 Å². The molecule has 1 aromatic carbocycles. The first kappa shape index (κ1) is 13.8. The van der Waals surface area contributed by atoms with Crippen molar-refractivity contribution >= 4 is 11.0 Å². The fourth-order valence-corrected chi connectivity index (χ4v) is 2.78. The van der Waals surface area contributed by atoms with Crippen LogP contribution in [0.5, 0.6) is 0 Å². The van der Waals surface area contributed by atoms with E-state index in [1.54, 1.807) is 12.4 Å². The summed E-state index contributed by atoms with van der Waals surface area (Å²) in [6, 6.07) is 9.96. The van der Waals surface area contributed by atoms with Gasteiger partial charge in [0.15, 0.2) is 0 Å². The Labute approximate surface area is 124 Å². The Bertz CT molecular complexity index is 764. The zero-order chi connectivity index (χ0) is 14.8. The number of nitrogens with zero attached hydrogens (tertiary/aromatic N) is 3. The Hall–Kier alpha value is -2.20. The molecule has 0 saturated carbocycles. The number of aryl methyl sites for hydroxylation is 2. The number of benzene rings is 1. The van der Waals surface area contributed by atoms with E-state index in [-0.39, 0.29) is 0 Å². The van der Waals surface area contributed by atoms with Crippen LogP contribution >= 0.6 is 0 Å². The number of aromatic nitrogens is 3. The Morgan fingerprint density at radius 3 is 2.81 bits per heavy atom. The molecule has 21 heavy (non-hydrogen) atoms. The maximum absolute atomic E-state index is 10.5. The van der Waals surface area contributed by atoms with E-state index in [2.05, 4.69) is 27.5 Å². The first-order chi connectivity index (χ1) is 10.2. The van der Waals surface area contributed by atoms with Gasteiger partial charge in [-0.2, -0.15) is 0 Å². The molecule has 1 unspecified atom stereocenters. The fourth-order valence-electron chi connectivity index (χ4n) is 2.78. The third-order valence-electron chi connectivity index (χ3n) is 3.85. The summed E-state index contributed by atoms with van der Waals surface area (Å²) in [7, 11) is 0. The number of imidazole rings is 1. The Morgan fingerprint density at radius 1 is 1.24 bits per heavy atom. The van der Waals surface area contributed by atoms with Gasteiger partial charge < -0.3 is 9.67 Å². The SMILES string of the molecule is CCn1c(CC(O)c2ccncc2C)nc2ccccc21. The molecular weight excluding hydrogens is 262 g/mol. The summed E-state index contributed by atoms with van der Waals surface area (Å²) in [5.41, 5.74) is 4.02. The molecule has 4 heteroatoms. The second kappa shape index (κ2) is 5.66. The molecule has 0 aliphatic heterocycles. The Balaban J connectivity index is 1.96. The van der Waals surface area contributed by atoms with E-state index in [1.165, 1.54) is 0 Å². The topological polar surface area (TPSA) is 50.9 Å². The van der Waals surface area contributed by atoms with Crippen LogP contribution in [0.3, 0.4) is 0 Å². The molecule has 3 rings (SSSR count). The normalized spacial score (nSPS) is 12.7. The summed E-state index contributed by atoms with van der Waals surface area (Å²) in [4.78, 5) is 8.74. The molecule has 1 N–H and O–H groups in total. The largest absolute Gasteiger partial charge is 0.388 e. The van der Waals surface area contributed by atoms with Crippen molar-refractivity contribution in [3.05, 3.63) is 59.7 Å². The van der Waals surface area contributed by atoms with Crippen LogP contribution in [-0.2, 0) is 13.0 Å². The summed E-state index contributed by atoms with van der Waals surface area (Å²) >= 11 is 0. The van der Waals surface area contributed by atoms with Crippen molar-refractivity contribution in [1.82, 2.24) is 14.5 Å². The average Bonchev–Trinajstić information content (AvgIpc) is 2.84. The van der Waals surface area contributed by atoms with E-state index < -0.39 is 6.10 Å². The van der Waals surface area contributed by atoms with Crippen LogP contribution in [-0.4, -0.2) is 19.6 Å². The van der Waals surface area contributed by atoms with Crippen molar-refractivity contribution in [2.75, 3.05) is 0 Å². The molecule has 0 amide bonds. The Morgan fingerprint density at radius 2 is 2.05 bits per heavy atom. The number of hydrogen-bond donors (Lipinski definition) is 1. The molecular formula is C17H19N3O. The number of para-hydroxylation sites is 2. The second-order valence-corrected chi connectivity index (χ2v) is 5.21. The van der Waals surface area contributed by atoms with Gasteiger partial charge in [0.25, 0.3) is 0 Å². The van der Waals surface area contributed by atoms with Crippen LogP contribution in [0.25, 0.3) is 11.0 Å². The number of aliphatic hydroxyl groups excluding tert-OH is 1. The van der Waals surface area contributed by atoms with Crippen LogP contribution in [0.15, 0.2) is 42.7 Å². The highest BCUT2D eigenvalue weighted by Crippen LogP contribution is 2.23. The third-order valence-corrected chi connectivity index (χ3v) is 3.85. The van der Waals surface area contributed by atoms with Crippen LogP contribution in [0, 0.1) is 6.92 Å². The number of rotatable bonds is 4. The zero-order valence-electron chi connectivity index (χ0n) is 12.3. The minimum absolute atomic E-state index is 0.507. The van der Waals surface area contributed by atoms with Gasteiger partial charge in [-0.15, -0.1) is 0 Å². The van der Waals surface area contributed by atoms with E-state index in [4.69, 9.17) is 0 Å². The molecule has 0 saturated heterocycles. The highest BCUT2D eigenvalue weighted by molar-refractivity contribution is 5.75. The fraction of sp³-hybridized carbons (Fsp3) is 0.294. The van der Waals surface area contributed by atoms with Crippen molar-refractivity contribution in [2.45, 2.75) is 32.9 Å². The standard InChI is InChI=1S/C17H19N3O/c1-3-20-15-7-5-4-6-14(15)19-17(20)10-16(21)13-8-9-18-11-12(13)2/h4-9,11,16,21H,3,10H2,1-2H3. The minimum atomic E-state index is -0.560. The summed E-state index contributed by atoms with van der Waals surface area (Å²) in [5, 5.41) is 10.5. The predicted molar refractivity (Wildman–Crippen MR) is 83.0 cm³/mol. The van der Waals surface area contributed by atoms with E-state index in [1.807, 2.05) is 31.2 Å². The van der Waals surface area contributed by atoms with Crippen molar-refractivity contribution in [3.63, 3.8) is 0 Å². The highest BCUT2D eigenvalue weighted by Gasteiger charge is 2.16. The summed E-state index contributed by atoms with van der Waals surface area (Å²) < 4.78 is 2.16. The number of aliphatic hydroxyl groups is 1. The molecule has 108 valence electrons. The van der Waals surface area contributed by atoms with Crippen LogP contribution < -0.4 is 0 Å². The maximum Gasteiger partial charge on any atom is 0.112 e. The molecule has 2 heterocycles. The summed E-state index contributed by atoms with van der Waals surface area (Å²) in [6.07, 6.45) is 3.44. The molecule has 0 spiro atoms. The van der Waals surface area contributed by atoms with Gasteiger partial charge in [0.05, 0.1) is 17.1 Å². The second-order valence-electron chi connectivity index (χ2n) is 5.21. The van der Waals surface area contributed by atoms with Crippen molar-refractivity contribution in [2.24, 2.45) is 0 Å². The first-order valence-corrected chi connectivity index (χ1v) is 7.23. The maximum atomic E-state index is 10.5. The molecule has 0 aliphatic carbocycles. The lowest BCUT2D eigenvalue weighted by atomic mass is 10.0. The molecule has 4 nitrogen and oxygen atoms in total. The zero-order valence-corrected chi connectivity index (χ0v) is 12.3. The third kappa shape index (κ3) is 2.54. The minimum Gasteiger partial charge on any atom is -0.388 e. The van der Waals surface area contributed by atoms with Gasteiger partial charge >= 0.3 is 0 Å². The molecule has 3 aromatic rings. The lowest BCUT2D eigenvalue weighted by molar-refractivity contribution is 0.174. The highest BCUT2D eigenvalue weighted by atomic mass is 16.3. The van der Waals surface area contributed by atoms with Crippen molar-refractivity contribution < 1.29 is 5.11 Å². The molecule has 0 fully saturated rings. The Kier molecular flexibility index (Phi) is 3.71. The number of fused-ring (bicyclic) bond motifs is 1. The van der Waals surface area contributed by atoms with E-state index in [0.29, 0.717) is 6.42 Å². The van der Waals surface area contributed by atoms with Crippen molar-refractivity contribution in [1.29, 1.82) is 0 Å². The van der Waals surface area contributed by atoms with Crippen LogP contribution in [0.1, 0.15) is 30.0 Å². The molecule has 1 atom stereocenters. The molecule has 0 bridgehead atoms.